The molecule has 2 unspecified atom stereocenters. The smallest absolute Gasteiger partial charge is 0.255 e. The van der Waals surface area contributed by atoms with E-state index in [9.17, 15) is 41.7 Å². The highest BCUT2D eigenvalue weighted by Gasteiger charge is 2.64. The van der Waals surface area contributed by atoms with Gasteiger partial charge in [-0.2, -0.15) is 0 Å². The van der Waals surface area contributed by atoms with E-state index in [1.165, 1.54) is 12.1 Å². The molecule has 1 amide bonds. The van der Waals surface area contributed by atoms with E-state index in [0.29, 0.717) is 25.0 Å². The second kappa shape index (κ2) is 11.9. The van der Waals surface area contributed by atoms with Gasteiger partial charge in [-0.05, 0) is 61.6 Å². The quantitative estimate of drug-likeness (QED) is 0.287. The molecule has 3 saturated carbocycles. The number of fused-ring (bicyclic) bond motifs is 2. The zero-order valence-corrected chi connectivity index (χ0v) is 23.2. The lowest BCUT2D eigenvalue weighted by Gasteiger charge is -2.62. The Morgan fingerprint density at radius 2 is 1.68 bits per heavy atom. The SMILES string of the molecule is CC1C2CC(S(=O)(=O)c3cc(C(=O)Nc4cc(F)c(F)c(F)c4)ccc3Cl)CC1C2(O)COC(CCO)CCO. The van der Waals surface area contributed by atoms with Crippen LogP contribution in [0.25, 0.3) is 0 Å². The molecular weight excluding hydrogens is 575 g/mol. The van der Waals surface area contributed by atoms with Crippen LogP contribution >= 0.6 is 11.6 Å². The number of benzene rings is 2. The number of amides is 1. The fourth-order valence-corrected chi connectivity index (χ4v) is 8.39. The van der Waals surface area contributed by atoms with Crippen LogP contribution in [0.1, 0.15) is 43.0 Å². The lowest BCUT2D eigenvalue weighted by molar-refractivity contribution is -0.248. The molecule has 3 aliphatic carbocycles. The zero-order chi connectivity index (χ0) is 29.4. The molecule has 2 atom stereocenters. The lowest BCUT2D eigenvalue weighted by Crippen LogP contribution is -2.69. The number of hydrogen-bond acceptors (Lipinski definition) is 7. The number of aliphatic hydroxyl groups is 3. The number of aliphatic hydroxyl groups excluding tert-OH is 2. The average Bonchev–Trinajstić information content (AvgIpc) is 2.91. The summed E-state index contributed by atoms with van der Waals surface area (Å²) in [6.45, 7) is 1.61. The molecular formula is C27H31ClF3NO7S. The number of carbonyl (C=O) groups is 1. The van der Waals surface area contributed by atoms with Crippen molar-refractivity contribution in [1.29, 1.82) is 0 Å². The summed E-state index contributed by atoms with van der Waals surface area (Å²) in [6.07, 6.45) is 0.417. The fourth-order valence-electron chi connectivity index (χ4n) is 6.04. The Kier molecular flexibility index (Phi) is 9.18. The number of hydrogen-bond donors (Lipinski definition) is 4. The van der Waals surface area contributed by atoms with Crippen LogP contribution in [0.2, 0.25) is 5.02 Å². The Morgan fingerprint density at radius 3 is 2.23 bits per heavy atom. The van der Waals surface area contributed by atoms with Crippen LogP contribution in [0.3, 0.4) is 0 Å². The van der Waals surface area contributed by atoms with E-state index in [4.69, 9.17) is 16.3 Å². The van der Waals surface area contributed by atoms with Gasteiger partial charge in [-0.1, -0.05) is 18.5 Å². The maximum absolute atomic E-state index is 13.7. The second-order valence-corrected chi connectivity index (χ2v) is 13.1. The van der Waals surface area contributed by atoms with Crippen LogP contribution in [0.15, 0.2) is 35.2 Å². The Balaban J connectivity index is 1.50. The Hall–Kier alpha value is -2.22. The number of anilines is 1. The van der Waals surface area contributed by atoms with Crippen molar-refractivity contribution in [3.63, 3.8) is 0 Å². The highest BCUT2D eigenvalue weighted by molar-refractivity contribution is 7.92. The fraction of sp³-hybridized carbons (Fsp3) is 0.519. The van der Waals surface area contributed by atoms with Gasteiger partial charge in [-0.3, -0.25) is 4.79 Å². The third-order valence-corrected chi connectivity index (χ3v) is 10.9. The summed E-state index contributed by atoms with van der Waals surface area (Å²) < 4.78 is 73.4. The van der Waals surface area contributed by atoms with Crippen molar-refractivity contribution in [3.05, 3.63) is 58.4 Å². The molecule has 0 heterocycles. The van der Waals surface area contributed by atoms with E-state index in [1.54, 1.807) is 0 Å². The van der Waals surface area contributed by atoms with Crippen LogP contribution in [0.5, 0.6) is 0 Å². The summed E-state index contributed by atoms with van der Waals surface area (Å²) in [4.78, 5) is 12.4. The molecule has 0 aliphatic heterocycles. The predicted octanol–water partition coefficient (Wildman–Crippen LogP) is 3.71. The van der Waals surface area contributed by atoms with Crippen LogP contribution in [0.4, 0.5) is 18.9 Å². The predicted molar refractivity (Wildman–Crippen MR) is 140 cm³/mol. The maximum atomic E-state index is 13.7. The summed E-state index contributed by atoms with van der Waals surface area (Å²) >= 11 is 6.24. The van der Waals surface area contributed by atoms with Gasteiger partial charge >= 0.3 is 0 Å². The molecule has 0 saturated heterocycles. The van der Waals surface area contributed by atoms with E-state index in [0.717, 1.165) is 6.07 Å². The van der Waals surface area contributed by atoms with Crippen molar-refractivity contribution in [2.24, 2.45) is 17.8 Å². The number of rotatable bonds is 11. The molecule has 0 radical (unpaired) electrons. The normalized spacial score (nSPS) is 26.0. The van der Waals surface area contributed by atoms with Crippen LogP contribution in [0, 0.1) is 35.2 Å². The third-order valence-electron chi connectivity index (χ3n) is 8.22. The molecule has 3 fully saturated rings. The first-order valence-electron chi connectivity index (χ1n) is 12.9. The molecule has 2 aromatic rings. The van der Waals surface area contributed by atoms with Crippen molar-refractivity contribution < 1.29 is 46.4 Å². The molecule has 4 N–H and O–H groups in total. The minimum atomic E-state index is -4.06. The van der Waals surface area contributed by atoms with Crippen molar-refractivity contribution >= 4 is 33.0 Å². The highest BCUT2D eigenvalue weighted by atomic mass is 35.5. The van der Waals surface area contributed by atoms with Gasteiger partial charge in [0.25, 0.3) is 5.91 Å². The molecule has 2 bridgehead atoms. The molecule has 13 heteroatoms. The summed E-state index contributed by atoms with van der Waals surface area (Å²) in [6, 6.07) is 4.75. The third kappa shape index (κ3) is 5.75. The maximum Gasteiger partial charge on any atom is 0.255 e. The van der Waals surface area contributed by atoms with Crippen molar-refractivity contribution in [1.82, 2.24) is 0 Å². The van der Waals surface area contributed by atoms with Crippen molar-refractivity contribution in [2.45, 2.75) is 54.5 Å². The Bertz CT molecular complexity index is 1330. The first-order valence-corrected chi connectivity index (χ1v) is 14.8. The molecule has 8 nitrogen and oxygen atoms in total. The standard InChI is InChI=1S/C27H31ClF3NO7S/c1-14-19-11-18(12-20(14)27(19,36)13-39-17(4-6-33)5-7-34)40(37,38)24-8-15(2-3-21(24)28)26(35)32-16-9-22(29)25(31)23(30)10-16/h2-3,8-10,14,17-20,33-34,36H,4-7,11-13H2,1H3,(H,32,35). The summed E-state index contributed by atoms with van der Waals surface area (Å²) in [5.74, 6) is -6.30. The molecule has 5 rings (SSSR count). The summed E-state index contributed by atoms with van der Waals surface area (Å²) in [5, 5.41) is 31.0. The van der Waals surface area contributed by atoms with Gasteiger partial charge in [0.05, 0.1) is 33.5 Å². The van der Waals surface area contributed by atoms with Crippen LogP contribution in [-0.2, 0) is 14.6 Å². The molecule has 0 spiro atoms. The van der Waals surface area contributed by atoms with Crippen LogP contribution < -0.4 is 5.32 Å². The number of ether oxygens (including phenoxy) is 1. The first kappa shape index (κ1) is 30.7. The van der Waals surface area contributed by atoms with E-state index in [1.807, 2.05) is 6.92 Å². The summed E-state index contributed by atoms with van der Waals surface area (Å²) in [5.41, 5.74) is -1.75. The molecule has 40 heavy (non-hydrogen) atoms. The van der Waals surface area contributed by atoms with Gasteiger partial charge in [0.15, 0.2) is 27.3 Å². The van der Waals surface area contributed by atoms with Gasteiger partial charge in [-0.15, -0.1) is 0 Å². The van der Waals surface area contributed by atoms with Gasteiger partial charge in [0.1, 0.15) is 0 Å². The molecule has 0 aromatic heterocycles. The molecule has 3 aliphatic rings. The van der Waals surface area contributed by atoms with E-state index < -0.39 is 50.2 Å². The number of carbonyl (C=O) groups excluding carboxylic acids is 1. The van der Waals surface area contributed by atoms with E-state index in [2.05, 4.69) is 5.32 Å². The first-order chi connectivity index (χ1) is 18.8. The van der Waals surface area contributed by atoms with E-state index >= 15 is 0 Å². The second-order valence-electron chi connectivity index (χ2n) is 10.5. The topological polar surface area (TPSA) is 133 Å². The minimum Gasteiger partial charge on any atom is -0.396 e. The number of sulfone groups is 1. The average molecular weight is 606 g/mol. The largest absolute Gasteiger partial charge is 0.396 e. The number of nitrogens with one attached hydrogen (secondary N) is 1. The Morgan fingerprint density at radius 1 is 1.10 bits per heavy atom. The van der Waals surface area contributed by atoms with Gasteiger partial charge in [0, 0.05) is 36.6 Å². The lowest BCUT2D eigenvalue weighted by atomic mass is 9.48. The van der Waals surface area contributed by atoms with Crippen LogP contribution in [-0.4, -0.2) is 66.4 Å². The van der Waals surface area contributed by atoms with Crippen molar-refractivity contribution in [3.8, 4) is 0 Å². The molecule has 2 aromatic carbocycles. The van der Waals surface area contributed by atoms with Gasteiger partial charge < -0.3 is 25.4 Å². The van der Waals surface area contributed by atoms with Gasteiger partial charge in [0.2, 0.25) is 0 Å². The van der Waals surface area contributed by atoms with E-state index in [-0.39, 0.29) is 71.6 Å². The minimum absolute atomic E-state index is 0.0401. The van der Waals surface area contributed by atoms with Crippen molar-refractivity contribution in [2.75, 3.05) is 25.1 Å². The zero-order valence-electron chi connectivity index (χ0n) is 21.6. The Labute approximate surface area is 235 Å². The highest BCUT2D eigenvalue weighted by Crippen LogP contribution is 2.59. The summed E-state index contributed by atoms with van der Waals surface area (Å²) in [7, 11) is -4.06. The van der Waals surface area contributed by atoms with Gasteiger partial charge in [-0.25, -0.2) is 21.6 Å². The monoisotopic (exact) mass is 605 g/mol. The molecule has 220 valence electrons. The number of halogens is 4.